The molecule has 0 aliphatic carbocycles. The zero-order chi connectivity index (χ0) is 18.4. The van der Waals surface area contributed by atoms with Gasteiger partial charge < -0.3 is 0 Å². The van der Waals surface area contributed by atoms with Gasteiger partial charge in [0, 0.05) is 12.1 Å². The minimum absolute atomic E-state index is 0.125. The quantitative estimate of drug-likeness (QED) is 0.181. The standard InChI is InChI=1S/C14H13N5O5S/c15-16-13(20)14(25(23,24)12-7-2-1-3-8-12)18-17-10-5-4-6-11(9-10)19(21)22/h1-9,17H,15H2,(H,16,20)/b18-14+. The van der Waals surface area contributed by atoms with Crippen molar-refractivity contribution in [2.24, 2.45) is 10.9 Å². The van der Waals surface area contributed by atoms with Crippen molar-refractivity contribution >= 4 is 32.2 Å². The summed E-state index contributed by atoms with van der Waals surface area (Å²) in [6.45, 7) is 0. The van der Waals surface area contributed by atoms with E-state index in [0.29, 0.717) is 0 Å². The molecule has 1 amide bonds. The third kappa shape index (κ3) is 4.16. The average Bonchev–Trinajstić information content (AvgIpc) is 2.62. The molecule has 2 rings (SSSR count). The van der Waals surface area contributed by atoms with Gasteiger partial charge in [0.2, 0.25) is 14.9 Å². The van der Waals surface area contributed by atoms with Crippen molar-refractivity contribution in [1.82, 2.24) is 5.43 Å². The summed E-state index contributed by atoms with van der Waals surface area (Å²) >= 11 is 0. The summed E-state index contributed by atoms with van der Waals surface area (Å²) in [6.07, 6.45) is 0. The van der Waals surface area contributed by atoms with Crippen LogP contribution in [-0.2, 0) is 14.6 Å². The van der Waals surface area contributed by atoms with Crippen molar-refractivity contribution in [2.75, 3.05) is 5.43 Å². The lowest BCUT2D eigenvalue weighted by atomic mass is 10.3. The smallest absolute Gasteiger partial charge is 0.288 e. The van der Waals surface area contributed by atoms with E-state index in [-0.39, 0.29) is 16.3 Å². The van der Waals surface area contributed by atoms with Crippen LogP contribution in [0.15, 0.2) is 64.6 Å². The second-order valence-corrected chi connectivity index (χ2v) is 6.49. The first-order valence-corrected chi connectivity index (χ1v) is 8.24. The van der Waals surface area contributed by atoms with Crippen molar-refractivity contribution in [3.8, 4) is 0 Å². The Bertz CT molecular complexity index is 928. The van der Waals surface area contributed by atoms with Crippen LogP contribution < -0.4 is 16.7 Å². The second-order valence-electron chi connectivity index (χ2n) is 4.63. The van der Waals surface area contributed by atoms with E-state index in [1.165, 1.54) is 42.5 Å². The minimum atomic E-state index is -4.25. The second kappa shape index (κ2) is 7.51. The molecule has 0 unspecified atom stereocenters. The summed E-state index contributed by atoms with van der Waals surface area (Å²) in [7, 11) is -4.25. The monoisotopic (exact) mass is 363 g/mol. The van der Waals surface area contributed by atoms with Gasteiger partial charge in [0.05, 0.1) is 15.5 Å². The third-order valence-electron chi connectivity index (χ3n) is 2.98. The van der Waals surface area contributed by atoms with Gasteiger partial charge in [0.1, 0.15) is 0 Å². The van der Waals surface area contributed by atoms with E-state index in [9.17, 15) is 23.3 Å². The highest BCUT2D eigenvalue weighted by Crippen LogP contribution is 2.18. The number of amides is 1. The number of carbonyl (C=O) groups is 1. The molecule has 0 saturated heterocycles. The highest BCUT2D eigenvalue weighted by Gasteiger charge is 2.29. The SMILES string of the molecule is NNC(=O)/C(=N\Nc1cccc([N+](=O)[O-])c1)S(=O)(=O)c1ccccc1. The normalized spacial score (nSPS) is 11.6. The maximum absolute atomic E-state index is 12.5. The van der Waals surface area contributed by atoms with E-state index in [2.05, 4.69) is 10.5 Å². The van der Waals surface area contributed by atoms with Crippen LogP contribution in [0.5, 0.6) is 0 Å². The molecule has 2 aromatic carbocycles. The third-order valence-corrected chi connectivity index (χ3v) is 4.66. The number of benzene rings is 2. The maximum atomic E-state index is 12.5. The lowest BCUT2D eigenvalue weighted by molar-refractivity contribution is -0.384. The van der Waals surface area contributed by atoms with Crippen LogP contribution in [-0.4, -0.2) is 24.3 Å². The number of nitrogens with two attached hydrogens (primary N) is 1. The molecule has 0 bridgehead atoms. The summed E-state index contributed by atoms with van der Waals surface area (Å²) in [5.74, 6) is 3.88. The first-order valence-electron chi connectivity index (χ1n) is 6.75. The number of nitro groups is 1. The molecule has 0 aliphatic heterocycles. The van der Waals surface area contributed by atoms with E-state index >= 15 is 0 Å². The van der Waals surface area contributed by atoms with Crippen LogP contribution in [0, 0.1) is 10.1 Å². The number of hydrazine groups is 1. The van der Waals surface area contributed by atoms with Gasteiger partial charge >= 0.3 is 0 Å². The Kier molecular flexibility index (Phi) is 5.41. The van der Waals surface area contributed by atoms with Gasteiger partial charge in [-0.25, -0.2) is 14.3 Å². The number of carbonyl (C=O) groups excluding carboxylic acids is 1. The molecule has 0 atom stereocenters. The molecule has 0 aromatic heterocycles. The van der Waals surface area contributed by atoms with Crippen molar-refractivity contribution in [3.05, 3.63) is 64.7 Å². The number of rotatable bonds is 4. The minimum Gasteiger partial charge on any atom is -0.288 e. The van der Waals surface area contributed by atoms with Crippen LogP contribution in [0.1, 0.15) is 0 Å². The Balaban J connectivity index is 2.42. The van der Waals surface area contributed by atoms with Crippen molar-refractivity contribution in [1.29, 1.82) is 0 Å². The molecular weight excluding hydrogens is 350 g/mol. The van der Waals surface area contributed by atoms with Crippen LogP contribution in [0.4, 0.5) is 11.4 Å². The number of hydrogen-bond acceptors (Lipinski definition) is 8. The van der Waals surface area contributed by atoms with Crippen LogP contribution in [0.2, 0.25) is 0 Å². The van der Waals surface area contributed by atoms with Gasteiger partial charge in [0.25, 0.3) is 11.6 Å². The van der Waals surface area contributed by atoms with Gasteiger partial charge in [-0.15, -0.1) is 0 Å². The molecule has 0 spiro atoms. The number of hydrogen-bond donors (Lipinski definition) is 3. The van der Waals surface area contributed by atoms with E-state index in [4.69, 9.17) is 5.84 Å². The Morgan fingerprint density at radius 2 is 1.80 bits per heavy atom. The zero-order valence-corrected chi connectivity index (χ0v) is 13.4. The molecule has 0 fully saturated rings. The first-order chi connectivity index (χ1) is 11.9. The summed E-state index contributed by atoms with van der Waals surface area (Å²) in [4.78, 5) is 21.8. The molecule has 25 heavy (non-hydrogen) atoms. The number of anilines is 1. The summed E-state index contributed by atoms with van der Waals surface area (Å²) in [5.41, 5.74) is 3.93. The number of sulfone groups is 1. The lowest BCUT2D eigenvalue weighted by Crippen LogP contribution is -2.40. The number of nitro benzene ring substituents is 1. The Hall–Kier alpha value is -3.31. The number of hydrazone groups is 1. The molecular formula is C14H13N5O5S. The van der Waals surface area contributed by atoms with Crippen LogP contribution >= 0.6 is 0 Å². The van der Waals surface area contributed by atoms with E-state index in [0.717, 1.165) is 6.07 Å². The van der Waals surface area contributed by atoms with Gasteiger partial charge in [-0.3, -0.25) is 25.8 Å². The molecule has 0 saturated carbocycles. The first kappa shape index (κ1) is 18.0. The predicted molar refractivity (Wildman–Crippen MR) is 90.1 cm³/mol. The van der Waals surface area contributed by atoms with Gasteiger partial charge in [-0.1, -0.05) is 24.3 Å². The summed E-state index contributed by atoms with van der Waals surface area (Å²) < 4.78 is 25.1. The highest BCUT2D eigenvalue weighted by atomic mass is 32.2. The Labute approximate surface area is 142 Å². The maximum Gasteiger partial charge on any atom is 0.297 e. The van der Waals surface area contributed by atoms with E-state index in [1.807, 2.05) is 0 Å². The van der Waals surface area contributed by atoms with Crippen molar-refractivity contribution < 1.29 is 18.1 Å². The topological polar surface area (TPSA) is 157 Å². The molecule has 4 N–H and O–H groups in total. The summed E-state index contributed by atoms with van der Waals surface area (Å²) in [6, 6.07) is 12.4. The number of nitrogens with one attached hydrogen (secondary N) is 2. The molecule has 11 heteroatoms. The molecule has 0 aliphatic rings. The predicted octanol–water partition coefficient (Wildman–Crippen LogP) is 0.784. The van der Waals surface area contributed by atoms with E-state index < -0.39 is 25.7 Å². The van der Waals surface area contributed by atoms with Gasteiger partial charge in [-0.05, 0) is 18.2 Å². The Morgan fingerprint density at radius 1 is 1.12 bits per heavy atom. The zero-order valence-electron chi connectivity index (χ0n) is 12.6. The van der Waals surface area contributed by atoms with Crippen molar-refractivity contribution in [3.63, 3.8) is 0 Å². The van der Waals surface area contributed by atoms with E-state index in [1.54, 1.807) is 11.5 Å². The fourth-order valence-corrected chi connectivity index (χ4v) is 3.02. The van der Waals surface area contributed by atoms with Gasteiger partial charge in [0.15, 0.2) is 0 Å². The molecule has 10 nitrogen and oxygen atoms in total. The number of nitrogens with zero attached hydrogens (tertiary/aromatic N) is 2. The summed E-state index contributed by atoms with van der Waals surface area (Å²) in [5, 5.41) is 13.5. The van der Waals surface area contributed by atoms with Crippen LogP contribution in [0.3, 0.4) is 0 Å². The molecule has 130 valence electrons. The average molecular weight is 363 g/mol. The fourth-order valence-electron chi connectivity index (χ4n) is 1.81. The molecule has 0 radical (unpaired) electrons. The van der Waals surface area contributed by atoms with Crippen molar-refractivity contribution in [2.45, 2.75) is 4.90 Å². The number of non-ortho nitro benzene ring substituents is 1. The fraction of sp³-hybridized carbons (Fsp3) is 0. The van der Waals surface area contributed by atoms with Gasteiger partial charge in [-0.2, -0.15) is 5.10 Å². The molecule has 0 heterocycles. The largest absolute Gasteiger partial charge is 0.297 e. The van der Waals surface area contributed by atoms with Crippen LogP contribution in [0.25, 0.3) is 0 Å². The highest BCUT2D eigenvalue weighted by molar-refractivity contribution is 8.08. The molecule has 2 aromatic rings. The lowest BCUT2D eigenvalue weighted by Gasteiger charge is -2.08. The Morgan fingerprint density at radius 3 is 2.40 bits per heavy atom.